The Morgan fingerprint density at radius 2 is 1.95 bits per heavy atom. The molecule has 1 amide bonds. The Bertz CT molecular complexity index is 1620. The number of nitrogen functional groups attached to an aromatic ring is 1. The first kappa shape index (κ1) is 24.6. The van der Waals surface area contributed by atoms with Gasteiger partial charge in [-0.3, -0.25) is 4.79 Å². The van der Waals surface area contributed by atoms with Gasteiger partial charge in [-0.05, 0) is 55.9 Å². The van der Waals surface area contributed by atoms with E-state index >= 15 is 4.39 Å². The third-order valence-corrected chi connectivity index (χ3v) is 7.10. The number of carbonyl (C=O) groups is 1. The average molecular weight is 524 g/mol. The van der Waals surface area contributed by atoms with E-state index in [1.807, 2.05) is 18.2 Å². The highest BCUT2D eigenvalue weighted by atomic mass is 19.1. The van der Waals surface area contributed by atoms with Crippen molar-refractivity contribution in [3.05, 3.63) is 72.3 Å². The fourth-order valence-electron chi connectivity index (χ4n) is 4.98. The summed E-state index contributed by atoms with van der Waals surface area (Å²) in [6, 6.07) is 15.6. The number of nitrogens with two attached hydrogens (primary N) is 1. The van der Waals surface area contributed by atoms with Crippen molar-refractivity contribution in [1.82, 2.24) is 24.6 Å². The van der Waals surface area contributed by atoms with Crippen LogP contribution in [-0.2, 0) is 4.79 Å². The molecule has 6 rings (SSSR count). The number of piperidine rings is 1. The lowest BCUT2D eigenvalue weighted by Gasteiger charge is -2.32. The van der Waals surface area contributed by atoms with Gasteiger partial charge in [-0.1, -0.05) is 24.3 Å². The molecule has 0 spiro atoms. The summed E-state index contributed by atoms with van der Waals surface area (Å²) in [5.74, 6) is 0.667. The SMILES string of the molecule is N#CC(=CC1CC1)C(=O)N1CCC[C@@H](n2nc(-c3ccc(Oc4ccccc4)cc3F)c3c(N)ncnc32)C1. The molecule has 0 bridgehead atoms. The minimum atomic E-state index is -0.525. The van der Waals surface area contributed by atoms with Crippen molar-refractivity contribution in [3.8, 4) is 28.8 Å². The Kier molecular flexibility index (Phi) is 6.40. The van der Waals surface area contributed by atoms with Crippen molar-refractivity contribution in [2.24, 2.45) is 5.92 Å². The number of aromatic nitrogens is 4. The molecule has 3 heterocycles. The number of nitrogens with zero attached hydrogens (tertiary/aromatic N) is 6. The molecule has 2 aromatic carbocycles. The molecule has 0 unspecified atom stereocenters. The maximum absolute atomic E-state index is 15.5. The number of nitriles is 1. The molecule has 9 nitrogen and oxygen atoms in total. The van der Waals surface area contributed by atoms with Crippen LogP contribution in [0.15, 0.2) is 66.5 Å². The van der Waals surface area contributed by atoms with Crippen molar-refractivity contribution in [2.75, 3.05) is 18.8 Å². The van der Waals surface area contributed by atoms with Gasteiger partial charge in [0.1, 0.15) is 46.8 Å². The first-order valence-electron chi connectivity index (χ1n) is 12.9. The zero-order chi connectivity index (χ0) is 26.9. The minimum absolute atomic E-state index is 0.188. The van der Waals surface area contributed by atoms with Crippen LogP contribution >= 0.6 is 0 Å². The number of para-hydroxylation sites is 1. The van der Waals surface area contributed by atoms with Gasteiger partial charge in [-0.25, -0.2) is 19.0 Å². The molecule has 1 saturated carbocycles. The fourth-order valence-corrected chi connectivity index (χ4v) is 4.98. The number of hydrogen-bond donors (Lipinski definition) is 1. The summed E-state index contributed by atoms with van der Waals surface area (Å²) in [5.41, 5.74) is 7.46. The molecular formula is C29H26FN7O2. The van der Waals surface area contributed by atoms with Crippen LogP contribution in [-0.4, -0.2) is 43.6 Å². The molecule has 4 aromatic rings. The summed E-state index contributed by atoms with van der Waals surface area (Å²) in [6.45, 7) is 0.911. The summed E-state index contributed by atoms with van der Waals surface area (Å²) < 4.78 is 22.9. The number of hydrogen-bond acceptors (Lipinski definition) is 7. The van der Waals surface area contributed by atoms with E-state index < -0.39 is 5.82 Å². The number of likely N-dealkylation sites (tertiary alicyclic amines) is 1. The molecule has 10 heteroatoms. The second kappa shape index (κ2) is 10.2. The quantitative estimate of drug-likeness (QED) is 0.278. The van der Waals surface area contributed by atoms with Crippen LogP contribution in [0.5, 0.6) is 11.5 Å². The van der Waals surface area contributed by atoms with Crippen molar-refractivity contribution < 1.29 is 13.9 Å². The summed E-state index contributed by atoms with van der Waals surface area (Å²) >= 11 is 0. The number of rotatable bonds is 6. The molecule has 1 saturated heterocycles. The molecule has 2 N–H and O–H groups in total. The molecule has 1 aliphatic heterocycles. The molecule has 39 heavy (non-hydrogen) atoms. The van der Waals surface area contributed by atoms with Crippen LogP contribution in [0.25, 0.3) is 22.3 Å². The number of ether oxygens (including phenoxy) is 1. The smallest absolute Gasteiger partial charge is 0.264 e. The Labute approximate surface area is 224 Å². The largest absolute Gasteiger partial charge is 0.457 e. The van der Waals surface area contributed by atoms with E-state index in [0.717, 1.165) is 25.7 Å². The lowest BCUT2D eigenvalue weighted by molar-refractivity contribution is -0.128. The lowest BCUT2D eigenvalue weighted by atomic mass is 10.0. The van der Waals surface area contributed by atoms with Crippen LogP contribution in [0.3, 0.4) is 0 Å². The minimum Gasteiger partial charge on any atom is -0.457 e. The Morgan fingerprint density at radius 3 is 2.69 bits per heavy atom. The molecule has 2 fully saturated rings. The van der Waals surface area contributed by atoms with E-state index in [1.165, 1.54) is 12.4 Å². The first-order chi connectivity index (χ1) is 19.0. The number of allylic oxidation sites excluding steroid dienone is 1. The number of anilines is 1. The van der Waals surface area contributed by atoms with E-state index in [2.05, 4.69) is 16.0 Å². The van der Waals surface area contributed by atoms with Crippen molar-refractivity contribution in [3.63, 3.8) is 0 Å². The third kappa shape index (κ3) is 4.91. The van der Waals surface area contributed by atoms with E-state index in [4.69, 9.17) is 15.6 Å². The van der Waals surface area contributed by atoms with Gasteiger partial charge in [0.05, 0.1) is 11.4 Å². The normalized spacial score (nSPS) is 17.7. The Morgan fingerprint density at radius 1 is 1.13 bits per heavy atom. The third-order valence-electron chi connectivity index (χ3n) is 7.10. The van der Waals surface area contributed by atoms with Gasteiger partial charge >= 0.3 is 0 Å². The van der Waals surface area contributed by atoms with Crippen molar-refractivity contribution >= 4 is 22.8 Å². The fraction of sp³-hybridized carbons (Fsp3) is 0.276. The highest BCUT2D eigenvalue weighted by molar-refractivity contribution is 5.99. The second-order valence-corrected chi connectivity index (χ2v) is 9.88. The topological polar surface area (TPSA) is 123 Å². The molecule has 1 aliphatic carbocycles. The predicted octanol–water partition coefficient (Wildman–Crippen LogP) is 5.03. The van der Waals surface area contributed by atoms with Crippen molar-refractivity contribution in [2.45, 2.75) is 31.7 Å². The maximum atomic E-state index is 15.5. The van der Waals surface area contributed by atoms with Gasteiger partial charge in [0, 0.05) is 24.7 Å². The molecule has 2 aromatic heterocycles. The number of benzene rings is 2. The number of halogens is 1. The van der Waals surface area contributed by atoms with Gasteiger partial charge in [0.2, 0.25) is 0 Å². The van der Waals surface area contributed by atoms with E-state index in [-0.39, 0.29) is 28.9 Å². The Balaban J connectivity index is 1.33. The number of fused-ring (bicyclic) bond motifs is 1. The highest BCUT2D eigenvalue weighted by Crippen LogP contribution is 2.37. The Hall–Kier alpha value is -4.78. The first-order valence-corrected chi connectivity index (χ1v) is 12.9. The molecule has 2 aliphatic rings. The van der Waals surface area contributed by atoms with Crippen LogP contribution in [0.4, 0.5) is 10.2 Å². The summed E-state index contributed by atoms with van der Waals surface area (Å²) in [5, 5.41) is 14.8. The summed E-state index contributed by atoms with van der Waals surface area (Å²) in [6.07, 6.45) is 6.64. The van der Waals surface area contributed by atoms with Gasteiger partial charge in [-0.15, -0.1) is 0 Å². The molecule has 0 radical (unpaired) electrons. The van der Waals surface area contributed by atoms with Gasteiger partial charge in [0.15, 0.2) is 5.65 Å². The number of amides is 1. The lowest BCUT2D eigenvalue weighted by Crippen LogP contribution is -2.41. The van der Waals surface area contributed by atoms with Crippen LogP contribution < -0.4 is 10.5 Å². The van der Waals surface area contributed by atoms with Crippen LogP contribution in [0, 0.1) is 23.1 Å². The zero-order valence-corrected chi connectivity index (χ0v) is 21.1. The van der Waals surface area contributed by atoms with Gasteiger partial charge < -0.3 is 15.4 Å². The summed E-state index contributed by atoms with van der Waals surface area (Å²) in [7, 11) is 0. The van der Waals surface area contributed by atoms with E-state index in [1.54, 1.807) is 39.9 Å². The predicted molar refractivity (Wildman–Crippen MR) is 143 cm³/mol. The summed E-state index contributed by atoms with van der Waals surface area (Å²) in [4.78, 5) is 23.4. The monoisotopic (exact) mass is 523 g/mol. The van der Waals surface area contributed by atoms with Crippen molar-refractivity contribution in [1.29, 1.82) is 5.26 Å². The van der Waals surface area contributed by atoms with Gasteiger partial charge in [0.25, 0.3) is 5.91 Å². The van der Waals surface area contributed by atoms with E-state index in [0.29, 0.717) is 47.2 Å². The highest BCUT2D eigenvalue weighted by Gasteiger charge is 2.31. The van der Waals surface area contributed by atoms with Gasteiger partial charge in [-0.2, -0.15) is 10.4 Å². The standard InChI is InChI=1S/C29H26FN7O2/c30-24-14-22(39-21-6-2-1-3-7-21)10-11-23(24)26-25-27(32)33-17-34-28(25)37(35-26)20-5-4-12-36(16-20)29(38)19(15-31)13-18-8-9-18/h1-3,6-7,10-11,13-14,17-18,20H,4-5,8-9,12,16H2,(H2,32,33,34)/t20-/m1/s1. The zero-order valence-electron chi connectivity index (χ0n) is 21.1. The average Bonchev–Trinajstić information content (AvgIpc) is 3.70. The van der Waals surface area contributed by atoms with E-state index in [9.17, 15) is 10.1 Å². The van der Waals surface area contributed by atoms with Crippen LogP contribution in [0.1, 0.15) is 31.7 Å². The second-order valence-electron chi connectivity index (χ2n) is 9.88. The number of carbonyl (C=O) groups excluding carboxylic acids is 1. The van der Waals surface area contributed by atoms with Crippen LogP contribution in [0.2, 0.25) is 0 Å². The molecule has 196 valence electrons. The maximum Gasteiger partial charge on any atom is 0.264 e. The molecular weight excluding hydrogens is 497 g/mol. The molecule has 1 atom stereocenters.